The molecule has 1 aliphatic heterocycles. The highest BCUT2D eigenvalue weighted by Crippen LogP contribution is 2.34. The topological polar surface area (TPSA) is 28.2 Å². The third-order valence-electron chi connectivity index (χ3n) is 3.56. The largest absolute Gasteiger partial charge is 0.348 e. The van der Waals surface area contributed by atoms with Crippen LogP contribution in [0.2, 0.25) is 0 Å². The number of nitrogens with one attached hydrogen (secondary N) is 1. The predicted molar refractivity (Wildman–Crippen MR) is 84.3 cm³/mol. The van der Waals surface area contributed by atoms with Crippen molar-refractivity contribution in [3.8, 4) is 0 Å². The van der Waals surface area contributed by atoms with Crippen LogP contribution in [-0.4, -0.2) is 24.6 Å². The second-order valence-electron chi connectivity index (χ2n) is 6.35. The van der Waals surface area contributed by atoms with E-state index in [1.807, 2.05) is 11.3 Å². The Morgan fingerprint density at radius 2 is 1.89 bits per heavy atom. The molecule has 1 saturated heterocycles. The first-order valence-corrected chi connectivity index (χ1v) is 8.30. The lowest BCUT2D eigenvalue weighted by Crippen LogP contribution is -2.29. The van der Waals surface area contributed by atoms with Crippen LogP contribution < -0.4 is 10.2 Å². The van der Waals surface area contributed by atoms with Gasteiger partial charge in [-0.05, 0) is 25.8 Å². The van der Waals surface area contributed by atoms with Crippen LogP contribution in [0, 0.1) is 0 Å². The van der Waals surface area contributed by atoms with Crippen LogP contribution >= 0.6 is 11.3 Å². The fourth-order valence-corrected chi connectivity index (χ4v) is 3.80. The van der Waals surface area contributed by atoms with Gasteiger partial charge in [0.15, 0.2) is 5.13 Å². The summed E-state index contributed by atoms with van der Waals surface area (Å²) in [6.45, 7) is 13.3. The van der Waals surface area contributed by atoms with Crippen molar-refractivity contribution in [1.29, 1.82) is 0 Å². The Hall–Kier alpha value is -0.610. The number of anilines is 1. The summed E-state index contributed by atoms with van der Waals surface area (Å²) < 4.78 is 0. The molecule has 1 aromatic rings. The lowest BCUT2D eigenvalue weighted by atomic mass is 9.91. The van der Waals surface area contributed by atoms with E-state index in [0.717, 1.165) is 13.1 Å². The smallest absolute Gasteiger partial charge is 0.185 e. The highest BCUT2D eigenvalue weighted by molar-refractivity contribution is 7.15. The van der Waals surface area contributed by atoms with Crippen molar-refractivity contribution in [2.45, 2.75) is 58.9 Å². The van der Waals surface area contributed by atoms with Gasteiger partial charge in [-0.2, -0.15) is 0 Å². The maximum atomic E-state index is 4.96. The normalized spacial score (nSPS) is 16.9. The van der Waals surface area contributed by atoms with Crippen LogP contribution in [0.25, 0.3) is 0 Å². The van der Waals surface area contributed by atoms with Crippen LogP contribution in [0.3, 0.4) is 0 Å². The molecule has 2 rings (SSSR count). The minimum Gasteiger partial charge on any atom is -0.348 e. The molecule has 0 aromatic carbocycles. The molecule has 0 atom stereocenters. The molecule has 0 unspecified atom stereocenters. The molecule has 0 aliphatic carbocycles. The average molecular weight is 281 g/mol. The Balaban J connectivity index is 2.22. The molecule has 1 N–H and O–H groups in total. The minimum atomic E-state index is 0.134. The second kappa shape index (κ2) is 6.23. The highest BCUT2D eigenvalue weighted by atomic mass is 32.1. The van der Waals surface area contributed by atoms with E-state index in [1.54, 1.807) is 0 Å². The predicted octanol–water partition coefficient (Wildman–Crippen LogP) is 3.54. The van der Waals surface area contributed by atoms with Gasteiger partial charge in [-0.3, -0.25) is 0 Å². The summed E-state index contributed by atoms with van der Waals surface area (Å²) in [4.78, 5) is 8.85. The van der Waals surface area contributed by atoms with Gasteiger partial charge in [0.25, 0.3) is 0 Å². The van der Waals surface area contributed by atoms with Crippen LogP contribution in [0.4, 0.5) is 5.13 Å². The minimum absolute atomic E-state index is 0.134. The Morgan fingerprint density at radius 1 is 1.21 bits per heavy atom. The molecule has 1 aromatic heterocycles. The number of piperidine rings is 1. The van der Waals surface area contributed by atoms with Crippen LogP contribution in [0.15, 0.2) is 0 Å². The van der Waals surface area contributed by atoms with Crippen LogP contribution in [-0.2, 0) is 12.0 Å². The van der Waals surface area contributed by atoms with Gasteiger partial charge in [0, 0.05) is 29.9 Å². The van der Waals surface area contributed by atoms with E-state index in [2.05, 4.69) is 37.9 Å². The van der Waals surface area contributed by atoms with Crippen molar-refractivity contribution >= 4 is 16.5 Å². The second-order valence-corrected chi connectivity index (χ2v) is 7.41. The van der Waals surface area contributed by atoms with Gasteiger partial charge in [-0.25, -0.2) is 4.98 Å². The first kappa shape index (κ1) is 14.8. The van der Waals surface area contributed by atoms with Crippen molar-refractivity contribution < 1.29 is 0 Å². The average Bonchev–Trinajstić information content (AvgIpc) is 2.81. The van der Waals surface area contributed by atoms with E-state index in [9.17, 15) is 0 Å². The number of thiazole rings is 1. The van der Waals surface area contributed by atoms with Crippen molar-refractivity contribution in [2.24, 2.45) is 0 Å². The van der Waals surface area contributed by atoms with Crippen molar-refractivity contribution in [2.75, 3.05) is 24.5 Å². The zero-order valence-corrected chi connectivity index (χ0v) is 13.6. The van der Waals surface area contributed by atoms with Crippen molar-refractivity contribution in [3.05, 3.63) is 10.6 Å². The Kier molecular flexibility index (Phi) is 4.85. The number of rotatable bonds is 4. The molecule has 2 heterocycles. The van der Waals surface area contributed by atoms with E-state index in [-0.39, 0.29) is 5.41 Å². The molecule has 0 radical (unpaired) electrons. The van der Waals surface area contributed by atoms with Crippen LogP contribution in [0.1, 0.15) is 57.5 Å². The van der Waals surface area contributed by atoms with Gasteiger partial charge >= 0.3 is 0 Å². The molecule has 0 amide bonds. The van der Waals surface area contributed by atoms with Gasteiger partial charge in [0.2, 0.25) is 0 Å². The molecular formula is C15H27N3S. The summed E-state index contributed by atoms with van der Waals surface area (Å²) in [5.41, 5.74) is 1.41. The molecule has 19 heavy (non-hydrogen) atoms. The molecule has 0 spiro atoms. The number of aromatic nitrogens is 1. The first-order valence-electron chi connectivity index (χ1n) is 7.48. The third kappa shape index (κ3) is 3.69. The van der Waals surface area contributed by atoms with Crippen LogP contribution in [0.5, 0.6) is 0 Å². The van der Waals surface area contributed by atoms with E-state index in [4.69, 9.17) is 4.98 Å². The number of hydrogen-bond donors (Lipinski definition) is 1. The summed E-state index contributed by atoms with van der Waals surface area (Å²) >= 11 is 1.89. The van der Waals surface area contributed by atoms with E-state index in [1.165, 1.54) is 48.1 Å². The lowest BCUT2D eigenvalue weighted by molar-refractivity contribution is 0.553. The molecule has 0 bridgehead atoms. The summed E-state index contributed by atoms with van der Waals surface area (Å²) in [7, 11) is 0. The quantitative estimate of drug-likeness (QED) is 0.915. The van der Waals surface area contributed by atoms with Crippen molar-refractivity contribution in [3.63, 3.8) is 0 Å². The zero-order chi connectivity index (χ0) is 13.9. The summed E-state index contributed by atoms with van der Waals surface area (Å²) in [5.74, 6) is 0. The van der Waals surface area contributed by atoms with Gasteiger partial charge in [-0.1, -0.05) is 27.7 Å². The molecular weight excluding hydrogens is 254 g/mol. The first-order chi connectivity index (χ1) is 9.02. The Labute approximate surface area is 121 Å². The number of nitrogens with zero attached hydrogens (tertiary/aromatic N) is 2. The van der Waals surface area contributed by atoms with E-state index >= 15 is 0 Å². The standard InChI is InChI=1S/C15H27N3S/c1-5-16-11-12-13(15(2,3)4)17-14(19-12)18-9-7-6-8-10-18/h16H,5-11H2,1-4H3. The maximum Gasteiger partial charge on any atom is 0.185 e. The fourth-order valence-electron chi connectivity index (χ4n) is 2.50. The van der Waals surface area contributed by atoms with Gasteiger partial charge in [0.1, 0.15) is 0 Å². The lowest BCUT2D eigenvalue weighted by Gasteiger charge is -2.26. The van der Waals surface area contributed by atoms with E-state index in [0.29, 0.717) is 0 Å². The summed E-state index contributed by atoms with van der Waals surface area (Å²) in [5, 5.41) is 4.68. The summed E-state index contributed by atoms with van der Waals surface area (Å²) in [6, 6.07) is 0. The molecule has 0 saturated carbocycles. The zero-order valence-electron chi connectivity index (χ0n) is 12.8. The molecule has 1 aliphatic rings. The van der Waals surface area contributed by atoms with Crippen molar-refractivity contribution in [1.82, 2.24) is 10.3 Å². The molecule has 3 nitrogen and oxygen atoms in total. The monoisotopic (exact) mass is 281 g/mol. The SMILES string of the molecule is CCNCc1sc(N2CCCCC2)nc1C(C)(C)C. The highest BCUT2D eigenvalue weighted by Gasteiger charge is 2.25. The summed E-state index contributed by atoms with van der Waals surface area (Å²) in [6.07, 6.45) is 4.00. The van der Waals surface area contributed by atoms with Gasteiger partial charge in [-0.15, -0.1) is 11.3 Å². The van der Waals surface area contributed by atoms with Gasteiger partial charge in [0.05, 0.1) is 5.69 Å². The number of hydrogen-bond acceptors (Lipinski definition) is 4. The fraction of sp³-hybridized carbons (Fsp3) is 0.800. The molecule has 1 fully saturated rings. The Morgan fingerprint density at radius 3 is 2.47 bits per heavy atom. The maximum absolute atomic E-state index is 4.96. The van der Waals surface area contributed by atoms with E-state index < -0.39 is 0 Å². The molecule has 108 valence electrons. The third-order valence-corrected chi connectivity index (χ3v) is 4.67. The Bertz CT molecular complexity index is 400. The van der Waals surface area contributed by atoms with Gasteiger partial charge < -0.3 is 10.2 Å². The molecule has 4 heteroatoms.